The largest absolute Gasteiger partial charge is 0.396 e. The van der Waals surface area contributed by atoms with Gasteiger partial charge >= 0.3 is 0 Å². The zero-order chi connectivity index (χ0) is 15.2. The van der Waals surface area contributed by atoms with Gasteiger partial charge in [-0.3, -0.25) is 4.79 Å². The molecule has 2 aromatic rings. The Labute approximate surface area is 142 Å². The number of aryl methyl sites for hydroxylation is 1. The number of hydrogen-bond donors (Lipinski definition) is 2. The first-order valence-corrected chi connectivity index (χ1v) is 8.02. The molecule has 21 heavy (non-hydrogen) atoms. The molecule has 0 spiro atoms. The molecule has 5 heteroatoms. The molecule has 0 aromatic heterocycles. The van der Waals surface area contributed by atoms with Gasteiger partial charge in [-0.1, -0.05) is 23.7 Å². The van der Waals surface area contributed by atoms with E-state index in [1.165, 1.54) is 0 Å². The lowest BCUT2D eigenvalue weighted by molar-refractivity contribution is 0.102. The fraction of sp³-hybridized carbons (Fsp3) is 0.188. The van der Waals surface area contributed by atoms with Gasteiger partial charge in [-0.2, -0.15) is 0 Å². The van der Waals surface area contributed by atoms with E-state index in [-0.39, 0.29) is 12.5 Å². The summed E-state index contributed by atoms with van der Waals surface area (Å²) in [6.45, 7) is 0.164. The van der Waals surface area contributed by atoms with Crippen LogP contribution >= 0.6 is 34.2 Å². The fourth-order valence-corrected chi connectivity index (χ4v) is 2.44. The molecule has 0 atom stereocenters. The smallest absolute Gasteiger partial charge is 0.255 e. The zero-order valence-corrected chi connectivity index (χ0v) is 14.2. The maximum atomic E-state index is 12.2. The highest BCUT2D eigenvalue weighted by Gasteiger charge is 2.08. The van der Waals surface area contributed by atoms with Crippen molar-refractivity contribution in [1.29, 1.82) is 0 Å². The Morgan fingerprint density at radius 3 is 2.76 bits per heavy atom. The Morgan fingerprint density at radius 1 is 1.24 bits per heavy atom. The van der Waals surface area contributed by atoms with Crippen molar-refractivity contribution in [1.82, 2.24) is 0 Å². The number of anilines is 1. The van der Waals surface area contributed by atoms with Crippen LogP contribution in [0.3, 0.4) is 0 Å². The molecule has 0 aliphatic rings. The number of halogens is 2. The number of benzene rings is 2. The lowest BCUT2D eigenvalue weighted by atomic mass is 10.1. The summed E-state index contributed by atoms with van der Waals surface area (Å²) < 4.78 is 0.914. The predicted molar refractivity (Wildman–Crippen MR) is 94.0 cm³/mol. The van der Waals surface area contributed by atoms with Gasteiger partial charge in [0.1, 0.15) is 0 Å². The molecule has 0 radical (unpaired) electrons. The number of nitrogens with one attached hydrogen (secondary N) is 1. The highest BCUT2D eigenvalue weighted by molar-refractivity contribution is 14.1. The third kappa shape index (κ3) is 4.69. The van der Waals surface area contributed by atoms with Crippen LogP contribution in [0.15, 0.2) is 42.5 Å². The Hall–Kier alpha value is -1.11. The number of hydrogen-bond acceptors (Lipinski definition) is 2. The second-order valence-electron chi connectivity index (χ2n) is 4.61. The molecule has 0 heterocycles. The summed E-state index contributed by atoms with van der Waals surface area (Å²) in [5.74, 6) is -0.187. The second kappa shape index (κ2) is 7.77. The van der Waals surface area contributed by atoms with Gasteiger partial charge in [0.2, 0.25) is 0 Å². The van der Waals surface area contributed by atoms with Crippen LogP contribution in [0.1, 0.15) is 22.3 Å². The SMILES string of the molecule is O=C(Nc1cccc(CCCO)c1)c1ccc(I)c(Cl)c1. The van der Waals surface area contributed by atoms with Gasteiger partial charge in [-0.25, -0.2) is 0 Å². The molecule has 2 aromatic carbocycles. The quantitative estimate of drug-likeness (QED) is 0.722. The molecule has 0 fully saturated rings. The lowest BCUT2D eigenvalue weighted by Gasteiger charge is -2.08. The van der Waals surface area contributed by atoms with Gasteiger partial charge in [-0.15, -0.1) is 0 Å². The number of carbonyl (C=O) groups excluding carboxylic acids is 1. The predicted octanol–water partition coefficient (Wildman–Crippen LogP) is 4.12. The molecule has 0 aliphatic carbocycles. The number of aliphatic hydroxyl groups is 1. The van der Waals surface area contributed by atoms with Crippen LogP contribution in [0.4, 0.5) is 5.69 Å². The van der Waals surface area contributed by atoms with Crippen LogP contribution in [0.5, 0.6) is 0 Å². The molecular weight excluding hydrogens is 401 g/mol. The summed E-state index contributed by atoms with van der Waals surface area (Å²) in [7, 11) is 0. The molecule has 2 rings (SSSR count). The van der Waals surface area contributed by atoms with Crippen molar-refractivity contribution in [2.24, 2.45) is 0 Å². The van der Waals surface area contributed by atoms with E-state index in [9.17, 15) is 4.79 Å². The first-order chi connectivity index (χ1) is 10.1. The molecule has 0 bridgehead atoms. The summed E-state index contributed by atoms with van der Waals surface area (Å²) in [6, 6.07) is 12.9. The molecule has 3 nitrogen and oxygen atoms in total. The Morgan fingerprint density at radius 2 is 2.05 bits per heavy atom. The Kier molecular flexibility index (Phi) is 6.02. The fourth-order valence-electron chi connectivity index (χ4n) is 1.93. The summed E-state index contributed by atoms with van der Waals surface area (Å²) in [6.07, 6.45) is 1.50. The van der Waals surface area contributed by atoms with Gasteiger partial charge in [0.25, 0.3) is 5.91 Å². The van der Waals surface area contributed by atoms with Crippen molar-refractivity contribution in [3.8, 4) is 0 Å². The van der Waals surface area contributed by atoms with Crippen molar-refractivity contribution >= 4 is 45.8 Å². The number of aliphatic hydroxyl groups excluding tert-OH is 1. The van der Waals surface area contributed by atoms with E-state index in [0.717, 1.165) is 21.2 Å². The van der Waals surface area contributed by atoms with Gasteiger partial charge in [0, 0.05) is 21.4 Å². The van der Waals surface area contributed by atoms with Crippen molar-refractivity contribution in [3.05, 3.63) is 62.2 Å². The van der Waals surface area contributed by atoms with E-state index < -0.39 is 0 Å². The van der Waals surface area contributed by atoms with Crippen molar-refractivity contribution in [2.75, 3.05) is 11.9 Å². The molecule has 0 saturated heterocycles. The van der Waals surface area contributed by atoms with Crippen molar-refractivity contribution in [3.63, 3.8) is 0 Å². The van der Waals surface area contributed by atoms with Crippen molar-refractivity contribution in [2.45, 2.75) is 12.8 Å². The van der Waals surface area contributed by atoms with E-state index in [1.54, 1.807) is 12.1 Å². The van der Waals surface area contributed by atoms with Crippen LogP contribution < -0.4 is 5.32 Å². The third-order valence-electron chi connectivity index (χ3n) is 2.99. The van der Waals surface area contributed by atoms with Gasteiger partial charge in [-0.05, 0) is 71.3 Å². The van der Waals surface area contributed by atoms with Crippen LogP contribution in [0, 0.1) is 3.57 Å². The maximum absolute atomic E-state index is 12.2. The summed E-state index contributed by atoms with van der Waals surface area (Å²) in [4.78, 5) is 12.2. The van der Waals surface area contributed by atoms with Crippen LogP contribution in [0.2, 0.25) is 5.02 Å². The third-order valence-corrected chi connectivity index (χ3v) is 4.56. The van der Waals surface area contributed by atoms with E-state index >= 15 is 0 Å². The first kappa shape index (κ1) is 16.3. The summed E-state index contributed by atoms with van der Waals surface area (Å²) >= 11 is 8.15. The van der Waals surface area contributed by atoms with Crippen molar-refractivity contribution < 1.29 is 9.90 Å². The number of carbonyl (C=O) groups is 1. The lowest BCUT2D eigenvalue weighted by Crippen LogP contribution is -2.12. The Balaban J connectivity index is 2.10. The zero-order valence-electron chi connectivity index (χ0n) is 11.3. The van der Waals surface area contributed by atoms with Gasteiger partial charge < -0.3 is 10.4 Å². The van der Waals surface area contributed by atoms with Crippen LogP contribution in [-0.2, 0) is 6.42 Å². The Bertz CT molecular complexity index is 646. The molecule has 0 saturated carbocycles. The minimum absolute atomic E-state index is 0.164. The van der Waals surface area contributed by atoms with E-state index in [2.05, 4.69) is 27.9 Å². The summed E-state index contributed by atoms with van der Waals surface area (Å²) in [5.41, 5.74) is 2.36. The average Bonchev–Trinajstić information content (AvgIpc) is 2.48. The molecule has 0 aliphatic heterocycles. The van der Waals surface area contributed by atoms with Crippen LogP contribution in [0.25, 0.3) is 0 Å². The van der Waals surface area contributed by atoms with Crippen LogP contribution in [-0.4, -0.2) is 17.6 Å². The highest BCUT2D eigenvalue weighted by Crippen LogP contribution is 2.20. The minimum Gasteiger partial charge on any atom is -0.396 e. The molecule has 1 amide bonds. The van der Waals surface area contributed by atoms with E-state index in [4.69, 9.17) is 16.7 Å². The van der Waals surface area contributed by atoms with Gasteiger partial charge in [0.15, 0.2) is 0 Å². The monoisotopic (exact) mass is 415 g/mol. The maximum Gasteiger partial charge on any atom is 0.255 e. The number of amides is 1. The number of rotatable bonds is 5. The topological polar surface area (TPSA) is 49.3 Å². The highest BCUT2D eigenvalue weighted by atomic mass is 127. The second-order valence-corrected chi connectivity index (χ2v) is 6.18. The molecule has 2 N–H and O–H groups in total. The first-order valence-electron chi connectivity index (χ1n) is 6.56. The normalized spacial score (nSPS) is 10.4. The van der Waals surface area contributed by atoms with Gasteiger partial charge in [0.05, 0.1) is 5.02 Å². The molecular formula is C16H15ClINO2. The average molecular weight is 416 g/mol. The van der Waals surface area contributed by atoms with E-state index in [1.807, 2.05) is 30.3 Å². The minimum atomic E-state index is -0.187. The summed E-state index contributed by atoms with van der Waals surface area (Å²) in [5, 5.41) is 12.3. The standard InChI is InChI=1S/C16H15ClINO2/c17-14-10-12(6-7-15(14)18)16(21)19-13-5-1-3-11(9-13)4-2-8-20/h1,3,5-7,9-10,20H,2,4,8H2,(H,19,21). The molecule has 110 valence electrons. The van der Waals surface area contributed by atoms with E-state index in [0.29, 0.717) is 17.0 Å². The molecule has 0 unspecified atom stereocenters.